The predicted molar refractivity (Wildman–Crippen MR) is 99.0 cm³/mol. The summed E-state index contributed by atoms with van der Waals surface area (Å²) in [5, 5.41) is 19.0. The summed E-state index contributed by atoms with van der Waals surface area (Å²) in [6.45, 7) is 3.94. The van der Waals surface area contributed by atoms with Crippen molar-refractivity contribution in [3.63, 3.8) is 0 Å². The summed E-state index contributed by atoms with van der Waals surface area (Å²) in [6, 6.07) is 10.2. The van der Waals surface area contributed by atoms with Gasteiger partial charge >= 0.3 is 5.97 Å². The van der Waals surface area contributed by atoms with Crippen molar-refractivity contribution in [2.75, 3.05) is 13.1 Å². The number of carboxylic acids is 1. The van der Waals surface area contributed by atoms with Crippen LogP contribution in [-0.4, -0.2) is 46.2 Å². The van der Waals surface area contributed by atoms with Crippen LogP contribution < -0.4 is 0 Å². The van der Waals surface area contributed by atoms with Gasteiger partial charge in [-0.05, 0) is 54.7 Å². The fourth-order valence-electron chi connectivity index (χ4n) is 3.38. The highest BCUT2D eigenvalue weighted by atomic mass is 19.1. The van der Waals surface area contributed by atoms with Crippen molar-refractivity contribution in [2.45, 2.75) is 26.4 Å². The van der Waals surface area contributed by atoms with Gasteiger partial charge in [0.2, 0.25) is 0 Å². The number of aliphatic hydroxyl groups is 1. The molecule has 27 heavy (non-hydrogen) atoms. The van der Waals surface area contributed by atoms with Gasteiger partial charge in [0.1, 0.15) is 5.82 Å². The molecule has 2 N–H and O–H groups in total. The minimum absolute atomic E-state index is 0.000954. The number of halogens is 1. The van der Waals surface area contributed by atoms with Crippen molar-refractivity contribution in [1.29, 1.82) is 0 Å². The molecule has 1 fully saturated rings. The van der Waals surface area contributed by atoms with Crippen LogP contribution in [0.4, 0.5) is 4.39 Å². The Bertz CT molecular complexity index is 896. The Kier molecular flexibility index (Phi) is 5.28. The maximum absolute atomic E-state index is 14.6. The summed E-state index contributed by atoms with van der Waals surface area (Å²) >= 11 is 0. The van der Waals surface area contributed by atoms with E-state index in [0.29, 0.717) is 5.56 Å². The molecule has 142 valence electrons. The molecule has 0 saturated carbocycles. The van der Waals surface area contributed by atoms with Gasteiger partial charge in [-0.25, -0.2) is 4.39 Å². The molecule has 2 atom stereocenters. The van der Waals surface area contributed by atoms with Gasteiger partial charge in [0.25, 0.3) is 5.91 Å². The van der Waals surface area contributed by atoms with E-state index in [9.17, 15) is 19.1 Å². The Morgan fingerprint density at radius 3 is 2.33 bits per heavy atom. The lowest BCUT2D eigenvalue weighted by Crippen LogP contribution is -2.48. The Labute approximate surface area is 157 Å². The Hall–Kier alpha value is -2.73. The Balaban J connectivity index is 1.85. The van der Waals surface area contributed by atoms with Crippen molar-refractivity contribution in [2.24, 2.45) is 5.92 Å². The minimum Gasteiger partial charge on any atom is -0.481 e. The third-order valence-corrected chi connectivity index (χ3v) is 5.10. The summed E-state index contributed by atoms with van der Waals surface area (Å²) in [7, 11) is 0. The van der Waals surface area contributed by atoms with Crippen LogP contribution in [0, 0.1) is 25.6 Å². The fourth-order valence-corrected chi connectivity index (χ4v) is 3.38. The quantitative estimate of drug-likeness (QED) is 0.869. The van der Waals surface area contributed by atoms with Crippen LogP contribution >= 0.6 is 0 Å². The number of hydrogen-bond acceptors (Lipinski definition) is 3. The van der Waals surface area contributed by atoms with Crippen LogP contribution in [0.1, 0.15) is 27.9 Å². The number of aliphatic carboxylic acids is 1. The maximum Gasteiger partial charge on any atom is 0.308 e. The number of benzene rings is 2. The Morgan fingerprint density at radius 2 is 1.70 bits per heavy atom. The lowest BCUT2D eigenvalue weighted by molar-refractivity contribution is -0.144. The standard InChI is InChI=1S/C21H22FNO4/c1-12-3-4-14(7-13(12)2)15-5-6-18(19(22)9-15)20(25)23-10-16(21(26)27)8-17(24)11-23/h3-7,9,16-17,24H,8,10-11H2,1-2H3,(H,26,27). The number of carbonyl (C=O) groups excluding carboxylic acids is 1. The first kappa shape index (κ1) is 19.0. The smallest absolute Gasteiger partial charge is 0.308 e. The SMILES string of the molecule is Cc1ccc(-c2ccc(C(=O)N3CC(O)CC(C(=O)O)C3)c(F)c2)cc1C. The highest BCUT2D eigenvalue weighted by Gasteiger charge is 2.34. The van der Waals surface area contributed by atoms with Gasteiger partial charge in [-0.1, -0.05) is 24.3 Å². The van der Waals surface area contributed by atoms with E-state index < -0.39 is 29.7 Å². The van der Waals surface area contributed by atoms with E-state index >= 15 is 0 Å². The summed E-state index contributed by atoms with van der Waals surface area (Å²) in [5.74, 6) is -3.19. The first-order valence-corrected chi connectivity index (χ1v) is 8.83. The second-order valence-corrected chi connectivity index (χ2v) is 7.13. The zero-order chi connectivity index (χ0) is 19.7. The molecule has 2 unspecified atom stereocenters. The molecule has 1 heterocycles. The van der Waals surface area contributed by atoms with Crippen LogP contribution in [-0.2, 0) is 4.79 Å². The second kappa shape index (κ2) is 7.48. The summed E-state index contributed by atoms with van der Waals surface area (Å²) in [5.41, 5.74) is 3.63. The van der Waals surface area contributed by atoms with Gasteiger partial charge in [0.05, 0.1) is 17.6 Å². The zero-order valence-electron chi connectivity index (χ0n) is 15.3. The summed E-state index contributed by atoms with van der Waals surface area (Å²) in [4.78, 5) is 25.1. The van der Waals surface area contributed by atoms with Gasteiger partial charge < -0.3 is 15.1 Å². The van der Waals surface area contributed by atoms with Crippen molar-refractivity contribution < 1.29 is 24.2 Å². The van der Waals surface area contributed by atoms with Gasteiger partial charge in [0, 0.05) is 13.1 Å². The molecule has 0 aromatic heterocycles. The molecule has 3 rings (SSSR count). The third kappa shape index (κ3) is 4.01. The molecular weight excluding hydrogens is 349 g/mol. The highest BCUT2D eigenvalue weighted by molar-refractivity contribution is 5.95. The molecular formula is C21H22FNO4. The van der Waals surface area contributed by atoms with Gasteiger partial charge in [0.15, 0.2) is 0 Å². The number of carbonyl (C=O) groups is 2. The third-order valence-electron chi connectivity index (χ3n) is 5.10. The lowest BCUT2D eigenvalue weighted by atomic mass is 9.95. The first-order chi connectivity index (χ1) is 12.8. The molecule has 0 aliphatic carbocycles. The van der Waals surface area contributed by atoms with E-state index in [1.165, 1.54) is 17.0 Å². The molecule has 2 aromatic rings. The number of nitrogens with zero attached hydrogens (tertiary/aromatic N) is 1. The molecule has 5 nitrogen and oxygen atoms in total. The minimum atomic E-state index is -1.07. The first-order valence-electron chi connectivity index (χ1n) is 8.83. The van der Waals surface area contributed by atoms with E-state index in [1.807, 2.05) is 32.0 Å². The van der Waals surface area contributed by atoms with E-state index in [1.54, 1.807) is 6.07 Å². The number of β-amino-alcohol motifs (C(OH)–C–C–N with tert-alkyl or cyclic N) is 1. The number of likely N-dealkylation sites (tertiary alicyclic amines) is 1. The molecule has 0 radical (unpaired) electrons. The molecule has 2 aromatic carbocycles. The van der Waals surface area contributed by atoms with E-state index in [2.05, 4.69) is 0 Å². The second-order valence-electron chi connectivity index (χ2n) is 7.13. The predicted octanol–water partition coefficient (Wildman–Crippen LogP) is 3.02. The van der Waals surface area contributed by atoms with Crippen molar-refractivity contribution in [3.8, 4) is 11.1 Å². The number of hydrogen-bond donors (Lipinski definition) is 2. The van der Waals surface area contributed by atoms with Crippen LogP contribution in [0.3, 0.4) is 0 Å². The molecule has 6 heteroatoms. The fraction of sp³-hybridized carbons (Fsp3) is 0.333. The number of piperidine rings is 1. The number of aliphatic hydroxyl groups excluding tert-OH is 1. The normalized spacial score (nSPS) is 19.8. The lowest BCUT2D eigenvalue weighted by Gasteiger charge is -2.34. The molecule has 1 saturated heterocycles. The molecule has 1 aliphatic rings. The van der Waals surface area contributed by atoms with Crippen molar-refractivity contribution >= 4 is 11.9 Å². The van der Waals surface area contributed by atoms with Gasteiger partial charge in [-0.3, -0.25) is 9.59 Å². The number of amides is 1. The summed E-state index contributed by atoms with van der Waals surface area (Å²) < 4.78 is 14.6. The molecule has 0 spiro atoms. The van der Waals surface area contributed by atoms with Gasteiger partial charge in [-0.15, -0.1) is 0 Å². The topological polar surface area (TPSA) is 77.8 Å². The highest BCUT2D eigenvalue weighted by Crippen LogP contribution is 2.26. The van der Waals surface area contributed by atoms with E-state index in [4.69, 9.17) is 5.11 Å². The van der Waals surface area contributed by atoms with Crippen LogP contribution in [0.15, 0.2) is 36.4 Å². The average Bonchev–Trinajstić information content (AvgIpc) is 2.62. The number of aryl methyl sites for hydroxylation is 2. The number of rotatable bonds is 3. The number of carboxylic acid groups (broad SMARTS) is 1. The van der Waals surface area contributed by atoms with E-state index in [-0.39, 0.29) is 25.1 Å². The average molecular weight is 371 g/mol. The Morgan fingerprint density at radius 1 is 1.04 bits per heavy atom. The van der Waals surface area contributed by atoms with Crippen molar-refractivity contribution in [3.05, 3.63) is 58.9 Å². The van der Waals surface area contributed by atoms with Crippen LogP contribution in [0.2, 0.25) is 0 Å². The summed E-state index contributed by atoms with van der Waals surface area (Å²) in [6.07, 6.45) is -0.838. The van der Waals surface area contributed by atoms with Crippen LogP contribution in [0.5, 0.6) is 0 Å². The van der Waals surface area contributed by atoms with Crippen molar-refractivity contribution in [1.82, 2.24) is 4.90 Å². The zero-order valence-corrected chi connectivity index (χ0v) is 15.3. The molecule has 1 amide bonds. The monoisotopic (exact) mass is 371 g/mol. The largest absolute Gasteiger partial charge is 0.481 e. The maximum atomic E-state index is 14.6. The van der Waals surface area contributed by atoms with Gasteiger partial charge in [-0.2, -0.15) is 0 Å². The van der Waals surface area contributed by atoms with Crippen LogP contribution in [0.25, 0.3) is 11.1 Å². The van der Waals surface area contributed by atoms with E-state index in [0.717, 1.165) is 16.7 Å². The molecule has 0 bridgehead atoms. The molecule has 1 aliphatic heterocycles.